The zero-order chi connectivity index (χ0) is 8.10. The van der Waals surface area contributed by atoms with Gasteiger partial charge in [0, 0.05) is 11.6 Å². The van der Waals surface area contributed by atoms with Crippen molar-refractivity contribution in [1.82, 2.24) is 0 Å². The first-order valence-corrected chi connectivity index (χ1v) is 3.45. The van der Waals surface area contributed by atoms with Crippen LogP contribution < -0.4 is 0 Å². The summed E-state index contributed by atoms with van der Waals surface area (Å²) >= 11 is 5.76. The van der Waals surface area contributed by atoms with E-state index in [0.29, 0.717) is 5.02 Å². The van der Waals surface area contributed by atoms with Gasteiger partial charge in [-0.1, -0.05) is 35.0 Å². The molecule has 1 aromatic rings. The third-order valence-corrected chi connectivity index (χ3v) is 1.46. The molecule has 2 nitrogen and oxygen atoms in total. The lowest BCUT2D eigenvalue weighted by Crippen LogP contribution is -1.82. The topological polar surface area (TPSA) is 21.6 Å². The van der Waals surface area contributed by atoms with Crippen LogP contribution >= 0.6 is 11.6 Å². The lowest BCUT2D eigenvalue weighted by molar-refractivity contribution is 0.215. The molecule has 0 aromatic heterocycles. The van der Waals surface area contributed by atoms with Gasteiger partial charge in [-0.25, -0.2) is 0 Å². The molecule has 57 valence electrons. The molecule has 0 unspecified atom stereocenters. The predicted octanol–water partition coefficient (Wildman–Crippen LogP) is 2.12. The molecule has 1 rings (SSSR count). The summed E-state index contributed by atoms with van der Waals surface area (Å²) in [5.74, 6) is 0. The zero-order valence-corrected chi connectivity index (χ0v) is 6.80. The van der Waals surface area contributed by atoms with Crippen molar-refractivity contribution in [2.75, 3.05) is 7.11 Å². The van der Waals surface area contributed by atoms with E-state index in [9.17, 15) is 0 Å². The molecule has 0 atom stereocenters. The molecule has 1 radical (unpaired) electrons. The van der Waals surface area contributed by atoms with Crippen molar-refractivity contribution in [2.24, 2.45) is 5.16 Å². The third-order valence-electron chi connectivity index (χ3n) is 1.13. The molecule has 3 heteroatoms. The number of halogens is 1. The van der Waals surface area contributed by atoms with Crippen LogP contribution in [0.2, 0.25) is 5.02 Å². The fourth-order valence-electron chi connectivity index (χ4n) is 0.639. The molecular formula is C8H7ClNO. The van der Waals surface area contributed by atoms with Crippen molar-refractivity contribution in [2.45, 2.75) is 0 Å². The van der Waals surface area contributed by atoms with E-state index in [4.69, 9.17) is 11.6 Å². The van der Waals surface area contributed by atoms with Gasteiger partial charge in [0.15, 0.2) is 0 Å². The number of hydrogen-bond acceptors (Lipinski definition) is 2. The second kappa shape index (κ2) is 3.98. The minimum absolute atomic E-state index is 0.549. The summed E-state index contributed by atoms with van der Waals surface area (Å²) in [4.78, 5) is 4.50. The van der Waals surface area contributed by atoms with Crippen LogP contribution in [0.25, 0.3) is 0 Å². The Hall–Kier alpha value is -1.02. The highest BCUT2D eigenvalue weighted by Gasteiger charge is 1.93. The predicted molar refractivity (Wildman–Crippen MR) is 44.9 cm³/mol. The summed E-state index contributed by atoms with van der Waals surface area (Å²) in [7, 11) is 1.48. The van der Waals surface area contributed by atoms with E-state index in [-0.39, 0.29) is 0 Å². The van der Waals surface area contributed by atoms with Crippen molar-refractivity contribution in [1.29, 1.82) is 0 Å². The molecule has 1 aromatic carbocycles. The van der Waals surface area contributed by atoms with E-state index in [0.717, 1.165) is 5.56 Å². The van der Waals surface area contributed by atoms with E-state index < -0.39 is 0 Å². The van der Waals surface area contributed by atoms with Crippen molar-refractivity contribution < 1.29 is 4.84 Å². The molecule has 0 aliphatic carbocycles. The lowest BCUT2D eigenvalue weighted by atomic mass is 10.2. The monoisotopic (exact) mass is 168 g/mol. The van der Waals surface area contributed by atoms with E-state index in [1.54, 1.807) is 12.3 Å². The Balaban J connectivity index is 2.86. The van der Waals surface area contributed by atoms with Crippen LogP contribution in [0, 0.1) is 6.07 Å². The van der Waals surface area contributed by atoms with Gasteiger partial charge < -0.3 is 4.84 Å². The average molecular weight is 169 g/mol. The smallest absolute Gasteiger partial charge is 0.106 e. The summed E-state index contributed by atoms with van der Waals surface area (Å²) in [6.07, 6.45) is 1.54. The second-order valence-corrected chi connectivity index (χ2v) is 2.23. The molecule has 0 bridgehead atoms. The first-order chi connectivity index (χ1) is 5.34. The third kappa shape index (κ3) is 2.24. The van der Waals surface area contributed by atoms with Crippen molar-refractivity contribution in [3.05, 3.63) is 34.9 Å². The summed E-state index contributed by atoms with van der Waals surface area (Å²) < 4.78 is 0. The Labute approximate surface area is 70.4 Å². The van der Waals surface area contributed by atoms with Crippen LogP contribution in [0.15, 0.2) is 23.4 Å². The van der Waals surface area contributed by atoms with Crippen molar-refractivity contribution >= 4 is 17.8 Å². The van der Waals surface area contributed by atoms with Gasteiger partial charge >= 0.3 is 0 Å². The van der Waals surface area contributed by atoms with E-state index in [1.807, 2.05) is 12.1 Å². The molecule has 0 N–H and O–H groups in total. The van der Waals surface area contributed by atoms with Gasteiger partial charge in [-0.05, 0) is 0 Å². The maximum absolute atomic E-state index is 5.76. The summed E-state index contributed by atoms with van der Waals surface area (Å²) in [6.45, 7) is 0. The highest BCUT2D eigenvalue weighted by Crippen LogP contribution is 2.11. The molecule has 0 saturated heterocycles. The molecule has 0 spiro atoms. The average Bonchev–Trinajstić information content (AvgIpc) is 2.03. The van der Waals surface area contributed by atoms with Gasteiger partial charge in [0.2, 0.25) is 0 Å². The molecule has 0 heterocycles. The van der Waals surface area contributed by atoms with E-state index in [2.05, 4.69) is 16.1 Å². The van der Waals surface area contributed by atoms with Crippen LogP contribution in [0.3, 0.4) is 0 Å². The Morgan fingerprint density at radius 3 is 3.18 bits per heavy atom. The Bertz CT molecular complexity index is 260. The van der Waals surface area contributed by atoms with Crippen LogP contribution in [0.4, 0.5) is 0 Å². The van der Waals surface area contributed by atoms with Gasteiger partial charge in [0.1, 0.15) is 7.11 Å². The fraction of sp³-hybridized carbons (Fsp3) is 0.125. The van der Waals surface area contributed by atoms with Crippen LogP contribution in [-0.2, 0) is 4.84 Å². The van der Waals surface area contributed by atoms with Gasteiger partial charge in [0.25, 0.3) is 0 Å². The van der Waals surface area contributed by atoms with Crippen LogP contribution in [0.1, 0.15) is 5.56 Å². The lowest BCUT2D eigenvalue weighted by Gasteiger charge is -1.93. The van der Waals surface area contributed by atoms with Crippen LogP contribution in [0.5, 0.6) is 0 Å². The second-order valence-electron chi connectivity index (χ2n) is 1.86. The molecule has 0 amide bonds. The largest absolute Gasteiger partial charge is 0.399 e. The number of benzene rings is 1. The van der Waals surface area contributed by atoms with Gasteiger partial charge in [-0.3, -0.25) is 0 Å². The Kier molecular flexibility index (Phi) is 2.93. The number of hydrogen-bond donors (Lipinski definition) is 0. The standard InChI is InChI=1S/C8H7ClNO/c1-11-10-6-7-4-2-3-5-8(7)9/h2-4,6H,1H3. The first kappa shape index (κ1) is 8.08. The zero-order valence-electron chi connectivity index (χ0n) is 6.04. The molecule has 0 fully saturated rings. The number of rotatable bonds is 2. The summed E-state index contributed by atoms with van der Waals surface area (Å²) in [5.41, 5.74) is 0.802. The highest BCUT2D eigenvalue weighted by molar-refractivity contribution is 6.32. The first-order valence-electron chi connectivity index (χ1n) is 3.07. The SMILES string of the molecule is CON=Cc1ccc[c]c1Cl. The summed E-state index contributed by atoms with van der Waals surface area (Å²) in [6, 6.07) is 8.24. The van der Waals surface area contributed by atoms with Crippen molar-refractivity contribution in [3.63, 3.8) is 0 Å². The molecular weight excluding hydrogens is 162 g/mol. The van der Waals surface area contributed by atoms with E-state index >= 15 is 0 Å². The molecule has 0 aliphatic heterocycles. The van der Waals surface area contributed by atoms with Crippen LogP contribution in [-0.4, -0.2) is 13.3 Å². The van der Waals surface area contributed by atoms with Gasteiger partial charge in [-0.2, -0.15) is 0 Å². The van der Waals surface area contributed by atoms with E-state index in [1.165, 1.54) is 7.11 Å². The fourth-order valence-corrected chi connectivity index (χ4v) is 0.814. The molecule has 0 aliphatic rings. The minimum Gasteiger partial charge on any atom is -0.399 e. The number of oxime groups is 1. The van der Waals surface area contributed by atoms with Gasteiger partial charge in [0.05, 0.1) is 11.2 Å². The molecule has 11 heavy (non-hydrogen) atoms. The number of nitrogens with zero attached hydrogens (tertiary/aromatic N) is 1. The Morgan fingerprint density at radius 1 is 1.73 bits per heavy atom. The normalized spacial score (nSPS) is 10.4. The highest BCUT2D eigenvalue weighted by atomic mass is 35.5. The van der Waals surface area contributed by atoms with Gasteiger partial charge in [-0.15, -0.1) is 0 Å². The van der Waals surface area contributed by atoms with Crippen molar-refractivity contribution in [3.8, 4) is 0 Å². The molecule has 0 saturated carbocycles. The Morgan fingerprint density at radius 2 is 2.55 bits per heavy atom. The minimum atomic E-state index is 0.549. The summed E-state index contributed by atoms with van der Waals surface area (Å²) in [5, 5.41) is 4.12. The maximum Gasteiger partial charge on any atom is 0.106 e. The quantitative estimate of drug-likeness (QED) is 0.490. The maximum atomic E-state index is 5.76.